The second kappa shape index (κ2) is 15.8. The van der Waals surface area contributed by atoms with Crippen molar-refractivity contribution in [1.82, 2.24) is 4.90 Å². The molecule has 2 unspecified atom stereocenters. The topological polar surface area (TPSA) is 109 Å². The number of Topliss-reactive ketones (excluding diaryl/α,β-unsaturated/α-hetero) is 1. The predicted octanol–water partition coefficient (Wildman–Crippen LogP) is 5.98. The third-order valence-electron chi connectivity index (χ3n) is 12.0. The first-order valence-corrected chi connectivity index (χ1v) is 18.2. The van der Waals surface area contributed by atoms with Gasteiger partial charge in [0.2, 0.25) is 0 Å². The van der Waals surface area contributed by atoms with Gasteiger partial charge in [-0.1, -0.05) is 53.7 Å². The molecule has 262 valence electrons. The number of aliphatic hydroxyl groups is 2. The van der Waals surface area contributed by atoms with Crippen molar-refractivity contribution in [3.05, 3.63) is 28.8 Å². The van der Waals surface area contributed by atoms with Crippen molar-refractivity contribution in [2.45, 2.75) is 149 Å². The minimum atomic E-state index is -0.802. The molecule has 0 bridgehead atoms. The molecular weight excluding hydrogens is 582 g/mol. The summed E-state index contributed by atoms with van der Waals surface area (Å²) in [5.41, 5.74) is 1.64. The normalized spacial score (nSPS) is 33.4. The Morgan fingerprint density at radius 2 is 1.80 bits per heavy atom. The highest BCUT2D eigenvalue weighted by molar-refractivity contribution is 5.84. The Balaban J connectivity index is 1.40. The first-order valence-electron chi connectivity index (χ1n) is 18.2. The molecule has 4 rings (SSSR count). The van der Waals surface area contributed by atoms with E-state index in [0.29, 0.717) is 51.2 Å². The molecule has 0 spiro atoms. The Bertz CT molecular complexity index is 1150. The van der Waals surface area contributed by atoms with E-state index in [4.69, 9.17) is 14.2 Å². The average Bonchev–Trinajstić information content (AvgIpc) is 3.40. The Kier molecular flexibility index (Phi) is 12.8. The predicted molar refractivity (Wildman–Crippen MR) is 181 cm³/mol. The van der Waals surface area contributed by atoms with Gasteiger partial charge < -0.3 is 29.5 Å². The molecule has 46 heavy (non-hydrogen) atoms. The van der Waals surface area contributed by atoms with E-state index in [2.05, 4.69) is 24.8 Å². The van der Waals surface area contributed by atoms with Crippen LogP contribution in [0.1, 0.15) is 110 Å². The number of aromatic hydroxyl groups is 1. The van der Waals surface area contributed by atoms with Gasteiger partial charge in [0.05, 0.1) is 48.8 Å². The Morgan fingerprint density at radius 3 is 2.41 bits per heavy atom. The zero-order valence-electron chi connectivity index (χ0n) is 29.9. The smallest absolute Gasteiger partial charge is 0.143 e. The molecular formula is C38H63NO7. The van der Waals surface area contributed by atoms with Crippen LogP contribution < -0.4 is 0 Å². The van der Waals surface area contributed by atoms with Gasteiger partial charge in [-0.25, -0.2) is 0 Å². The van der Waals surface area contributed by atoms with Crippen molar-refractivity contribution in [2.24, 2.45) is 23.7 Å². The second-order valence-corrected chi connectivity index (χ2v) is 14.9. The molecule has 3 N–H and O–H groups in total. The number of hydrogen-bond acceptors (Lipinski definition) is 8. The molecule has 3 aliphatic rings. The lowest BCUT2D eigenvalue weighted by atomic mass is 9.76. The number of carbonyl (C=O) groups excluding carboxylic acids is 1. The van der Waals surface area contributed by atoms with E-state index in [1.165, 1.54) is 0 Å². The van der Waals surface area contributed by atoms with Crippen molar-refractivity contribution in [3.63, 3.8) is 0 Å². The molecule has 0 amide bonds. The minimum absolute atomic E-state index is 0.0740. The van der Waals surface area contributed by atoms with Crippen LogP contribution in [0.3, 0.4) is 0 Å². The maximum atomic E-state index is 14.1. The summed E-state index contributed by atoms with van der Waals surface area (Å²) in [4.78, 5) is 16.4. The summed E-state index contributed by atoms with van der Waals surface area (Å²) < 4.78 is 18.9. The van der Waals surface area contributed by atoms with Crippen molar-refractivity contribution >= 4 is 5.78 Å². The lowest BCUT2D eigenvalue weighted by Gasteiger charge is -2.47. The van der Waals surface area contributed by atoms with Crippen LogP contribution in [0.4, 0.5) is 0 Å². The molecule has 1 aromatic carbocycles. The first kappa shape index (κ1) is 37.3. The molecule has 8 heteroatoms. The maximum absolute atomic E-state index is 14.1. The summed E-state index contributed by atoms with van der Waals surface area (Å²) in [6, 6.07) is 4.07. The molecule has 0 saturated carbocycles. The van der Waals surface area contributed by atoms with Gasteiger partial charge in [0.25, 0.3) is 0 Å². The number of ether oxygens (including phenoxy) is 3. The molecule has 3 saturated heterocycles. The number of nitrogens with zero attached hydrogens (tertiary/aromatic N) is 1. The van der Waals surface area contributed by atoms with Crippen LogP contribution >= 0.6 is 0 Å². The van der Waals surface area contributed by atoms with Gasteiger partial charge in [-0.3, -0.25) is 9.69 Å². The van der Waals surface area contributed by atoms with Crippen LogP contribution in [-0.2, 0) is 32.0 Å². The highest BCUT2D eigenvalue weighted by atomic mass is 16.6. The SMILES string of the molecule is CC[C@@H](C(=O)[C@@H](C)[C@@H](O)[C@H](C)CCc1ccc(C)c(O)c1CN1CCOCC1)C1O[C@](CC)(C2CC[C@](O)(CC)[C@H](C)O2)C[C@@H]1C. The monoisotopic (exact) mass is 645 g/mol. The van der Waals surface area contributed by atoms with Crippen molar-refractivity contribution in [2.75, 3.05) is 26.3 Å². The molecule has 8 nitrogen and oxygen atoms in total. The molecule has 3 fully saturated rings. The summed E-state index contributed by atoms with van der Waals surface area (Å²) in [5, 5.41) is 33.4. The van der Waals surface area contributed by atoms with Crippen LogP contribution in [0, 0.1) is 30.6 Å². The summed E-state index contributed by atoms with van der Waals surface area (Å²) in [6.45, 7) is 20.0. The maximum Gasteiger partial charge on any atom is 0.143 e. The van der Waals surface area contributed by atoms with Gasteiger partial charge in [0, 0.05) is 37.0 Å². The first-order chi connectivity index (χ1) is 21.8. The molecule has 3 heterocycles. The molecule has 0 radical (unpaired) electrons. The fourth-order valence-corrected chi connectivity index (χ4v) is 8.45. The number of rotatable bonds is 14. The zero-order chi connectivity index (χ0) is 33.8. The number of ketones is 1. The van der Waals surface area contributed by atoms with E-state index in [0.717, 1.165) is 55.5 Å². The number of aliphatic hydroxyl groups excluding tert-OH is 1. The van der Waals surface area contributed by atoms with Crippen molar-refractivity contribution in [3.8, 4) is 5.75 Å². The van der Waals surface area contributed by atoms with Crippen molar-refractivity contribution < 1.29 is 34.3 Å². The largest absolute Gasteiger partial charge is 0.507 e. The molecule has 0 aromatic heterocycles. The van der Waals surface area contributed by atoms with E-state index in [1.807, 2.05) is 47.6 Å². The zero-order valence-corrected chi connectivity index (χ0v) is 29.9. The van der Waals surface area contributed by atoms with Crippen LogP contribution in [0.25, 0.3) is 0 Å². The van der Waals surface area contributed by atoms with Crippen LogP contribution in [0.15, 0.2) is 12.1 Å². The summed E-state index contributed by atoms with van der Waals surface area (Å²) in [7, 11) is 0. The summed E-state index contributed by atoms with van der Waals surface area (Å²) in [5.74, 6) is -0.303. The van der Waals surface area contributed by atoms with Gasteiger partial charge in [-0.05, 0) is 88.2 Å². The van der Waals surface area contributed by atoms with E-state index >= 15 is 0 Å². The van der Waals surface area contributed by atoms with E-state index in [-0.39, 0.29) is 41.8 Å². The van der Waals surface area contributed by atoms with Crippen molar-refractivity contribution in [1.29, 1.82) is 0 Å². The van der Waals surface area contributed by atoms with Gasteiger partial charge >= 0.3 is 0 Å². The standard InChI is InChI=1S/C38H63NO7/c1-9-30(36-26(6)22-38(11-3,46-36)32-16-17-37(43,10-2)28(8)45-32)35(42)27(7)33(40)24(4)12-14-29-15-13-25(5)34(41)31(29)23-39-18-20-44-21-19-39/h13,15,24,26-28,30,32-33,36,40-41,43H,9-12,14,16-23H2,1-8H3/t24-,26+,27+,28+,30+,32?,33+,36?,37-,38+/m1/s1. The van der Waals surface area contributed by atoms with Gasteiger partial charge in [0.15, 0.2) is 0 Å². The number of carbonyl (C=O) groups is 1. The number of phenolic OH excluding ortho intramolecular Hbond substituents is 1. The summed E-state index contributed by atoms with van der Waals surface area (Å²) in [6.07, 6.45) is 4.41. The number of hydrogen-bond donors (Lipinski definition) is 3. The molecule has 3 aliphatic heterocycles. The lowest BCUT2D eigenvalue weighted by Crippen LogP contribution is -2.55. The van der Waals surface area contributed by atoms with Gasteiger partial charge in [-0.2, -0.15) is 0 Å². The minimum Gasteiger partial charge on any atom is -0.507 e. The van der Waals surface area contributed by atoms with Crippen LogP contribution in [0.2, 0.25) is 0 Å². The highest BCUT2D eigenvalue weighted by Crippen LogP contribution is 2.48. The second-order valence-electron chi connectivity index (χ2n) is 14.9. The Hall–Kier alpha value is -1.55. The Morgan fingerprint density at radius 1 is 1.11 bits per heavy atom. The number of phenols is 1. The van der Waals surface area contributed by atoms with E-state index < -0.39 is 23.2 Å². The highest BCUT2D eigenvalue weighted by Gasteiger charge is 2.55. The quantitative estimate of drug-likeness (QED) is 0.227. The lowest BCUT2D eigenvalue weighted by molar-refractivity contribution is -0.229. The third kappa shape index (κ3) is 7.84. The number of morpholine rings is 1. The molecule has 1 aromatic rings. The molecule has 0 aliphatic carbocycles. The van der Waals surface area contributed by atoms with Crippen LogP contribution in [-0.4, -0.2) is 87.9 Å². The average molecular weight is 646 g/mol. The van der Waals surface area contributed by atoms with E-state index in [9.17, 15) is 20.1 Å². The number of benzene rings is 1. The fraction of sp³-hybridized carbons (Fsp3) is 0.816. The fourth-order valence-electron chi connectivity index (χ4n) is 8.45. The Labute approximate surface area is 278 Å². The molecule has 10 atom stereocenters. The van der Waals surface area contributed by atoms with Gasteiger partial charge in [-0.15, -0.1) is 0 Å². The number of aryl methyl sites for hydroxylation is 2. The van der Waals surface area contributed by atoms with E-state index in [1.54, 1.807) is 0 Å². The van der Waals surface area contributed by atoms with Gasteiger partial charge in [0.1, 0.15) is 11.5 Å². The summed E-state index contributed by atoms with van der Waals surface area (Å²) >= 11 is 0. The van der Waals surface area contributed by atoms with Crippen LogP contribution in [0.5, 0.6) is 5.75 Å². The third-order valence-corrected chi connectivity index (χ3v) is 12.0.